The summed E-state index contributed by atoms with van der Waals surface area (Å²) in [5.74, 6) is 1.64. The van der Waals surface area contributed by atoms with Crippen LogP contribution in [-0.2, 0) is 13.0 Å². The monoisotopic (exact) mass is 215 g/mol. The van der Waals surface area contributed by atoms with Crippen molar-refractivity contribution in [2.75, 3.05) is 6.54 Å². The highest BCUT2D eigenvalue weighted by atomic mass is 16.3. The molecule has 4 heteroatoms. The topological polar surface area (TPSA) is 51.0 Å². The zero-order valence-corrected chi connectivity index (χ0v) is 9.16. The molecule has 2 aromatic rings. The predicted molar refractivity (Wildman–Crippen MR) is 59.9 cm³/mol. The number of aromatic nitrogens is 2. The second-order valence-corrected chi connectivity index (χ2v) is 3.98. The van der Waals surface area contributed by atoms with E-state index < -0.39 is 0 Å². The number of fused-ring (bicyclic) bond motifs is 1. The first-order valence-corrected chi connectivity index (χ1v) is 5.44. The van der Waals surface area contributed by atoms with Gasteiger partial charge in [-0.25, -0.2) is 9.97 Å². The lowest BCUT2D eigenvalue weighted by Crippen LogP contribution is -2.24. The van der Waals surface area contributed by atoms with E-state index >= 15 is 0 Å². The summed E-state index contributed by atoms with van der Waals surface area (Å²) in [6, 6.07) is 1.91. The molecule has 82 valence electrons. The zero-order valence-electron chi connectivity index (χ0n) is 9.16. The summed E-state index contributed by atoms with van der Waals surface area (Å²) in [4.78, 5) is 8.99. The molecular weight excluding hydrogens is 202 g/mol. The summed E-state index contributed by atoms with van der Waals surface area (Å²) in [5.41, 5.74) is 3.35. The minimum atomic E-state index is 0.770. The molecule has 0 aliphatic carbocycles. The number of nitrogens with zero attached hydrogens (tertiary/aromatic N) is 2. The molecule has 0 amide bonds. The number of hydrogen-bond acceptors (Lipinski definition) is 4. The minimum absolute atomic E-state index is 0.770. The number of furan rings is 1. The Morgan fingerprint density at radius 3 is 3.19 bits per heavy atom. The van der Waals surface area contributed by atoms with Gasteiger partial charge in [0.1, 0.15) is 5.76 Å². The first-order chi connectivity index (χ1) is 7.84. The quantitative estimate of drug-likeness (QED) is 0.786. The van der Waals surface area contributed by atoms with Gasteiger partial charge in [0.05, 0.1) is 17.5 Å². The molecule has 2 aromatic heterocycles. The van der Waals surface area contributed by atoms with Crippen molar-refractivity contribution in [1.29, 1.82) is 0 Å². The summed E-state index contributed by atoms with van der Waals surface area (Å²) in [6.45, 7) is 3.80. The van der Waals surface area contributed by atoms with Crippen LogP contribution in [0.15, 0.2) is 22.9 Å². The summed E-state index contributed by atoms with van der Waals surface area (Å²) in [6.07, 6.45) is 4.56. The molecule has 4 nitrogen and oxygen atoms in total. The lowest BCUT2D eigenvalue weighted by Gasteiger charge is -2.15. The molecule has 0 radical (unpaired) electrons. The maximum Gasteiger partial charge on any atom is 0.162 e. The van der Waals surface area contributed by atoms with Gasteiger partial charge in [-0.3, -0.25) is 0 Å². The van der Waals surface area contributed by atoms with Crippen LogP contribution >= 0.6 is 0 Å². The highest BCUT2D eigenvalue weighted by molar-refractivity contribution is 5.57. The third-order valence-electron chi connectivity index (χ3n) is 2.91. The molecule has 3 rings (SSSR count). The molecule has 1 aliphatic rings. The fourth-order valence-electron chi connectivity index (χ4n) is 1.98. The van der Waals surface area contributed by atoms with E-state index in [1.165, 1.54) is 5.56 Å². The standard InChI is InChI=1S/C12H13N3O/c1-8-10(3-5-16-8)12-14-7-9-6-13-4-2-11(9)15-12/h3,5,7,13H,2,4,6H2,1H3. The van der Waals surface area contributed by atoms with Gasteiger partial charge in [0.25, 0.3) is 0 Å². The normalized spacial score (nSPS) is 14.8. The first-order valence-electron chi connectivity index (χ1n) is 5.44. The van der Waals surface area contributed by atoms with Crippen LogP contribution < -0.4 is 5.32 Å². The molecule has 0 saturated heterocycles. The molecule has 0 saturated carbocycles. The van der Waals surface area contributed by atoms with Crippen LogP contribution in [0.25, 0.3) is 11.4 Å². The van der Waals surface area contributed by atoms with Crippen LogP contribution in [0.4, 0.5) is 0 Å². The fourth-order valence-corrected chi connectivity index (χ4v) is 1.98. The fraction of sp³-hybridized carbons (Fsp3) is 0.333. The van der Waals surface area contributed by atoms with Gasteiger partial charge in [-0.2, -0.15) is 0 Å². The Kier molecular flexibility index (Phi) is 2.22. The van der Waals surface area contributed by atoms with Crippen molar-refractivity contribution >= 4 is 0 Å². The molecule has 1 N–H and O–H groups in total. The van der Waals surface area contributed by atoms with Crippen molar-refractivity contribution in [2.45, 2.75) is 19.9 Å². The maximum atomic E-state index is 5.27. The van der Waals surface area contributed by atoms with E-state index in [0.717, 1.165) is 42.4 Å². The van der Waals surface area contributed by atoms with Crippen molar-refractivity contribution in [3.05, 3.63) is 35.5 Å². The zero-order chi connectivity index (χ0) is 11.0. The van der Waals surface area contributed by atoms with Gasteiger partial charge in [-0.05, 0) is 13.0 Å². The van der Waals surface area contributed by atoms with Crippen LogP contribution in [-0.4, -0.2) is 16.5 Å². The predicted octanol–water partition coefficient (Wildman–Crippen LogP) is 1.69. The van der Waals surface area contributed by atoms with Crippen LogP contribution in [0.5, 0.6) is 0 Å². The molecule has 0 bridgehead atoms. The van der Waals surface area contributed by atoms with Gasteiger partial charge >= 0.3 is 0 Å². The number of hydrogen-bond donors (Lipinski definition) is 1. The minimum Gasteiger partial charge on any atom is -0.469 e. The average Bonchev–Trinajstić information content (AvgIpc) is 2.75. The smallest absolute Gasteiger partial charge is 0.162 e. The largest absolute Gasteiger partial charge is 0.469 e. The second kappa shape index (κ2) is 3.72. The SMILES string of the molecule is Cc1occc1-c1ncc2c(n1)CCNC2. The molecule has 0 aromatic carbocycles. The summed E-state index contributed by atoms with van der Waals surface area (Å²) in [5, 5.41) is 3.31. The number of rotatable bonds is 1. The van der Waals surface area contributed by atoms with E-state index in [2.05, 4.69) is 15.3 Å². The Morgan fingerprint density at radius 2 is 2.38 bits per heavy atom. The second-order valence-electron chi connectivity index (χ2n) is 3.98. The molecular formula is C12H13N3O. The molecule has 3 heterocycles. The van der Waals surface area contributed by atoms with Gasteiger partial charge in [0, 0.05) is 31.3 Å². The summed E-state index contributed by atoms with van der Waals surface area (Å²) in [7, 11) is 0. The van der Waals surface area contributed by atoms with Crippen molar-refractivity contribution in [2.24, 2.45) is 0 Å². The summed E-state index contributed by atoms with van der Waals surface area (Å²) < 4.78 is 5.27. The van der Waals surface area contributed by atoms with E-state index in [0.29, 0.717) is 0 Å². The van der Waals surface area contributed by atoms with E-state index in [-0.39, 0.29) is 0 Å². The highest BCUT2D eigenvalue weighted by Crippen LogP contribution is 2.22. The van der Waals surface area contributed by atoms with Crippen molar-refractivity contribution in [1.82, 2.24) is 15.3 Å². The molecule has 0 unspecified atom stereocenters. The molecule has 0 atom stereocenters. The Labute approximate surface area is 93.7 Å². The van der Waals surface area contributed by atoms with E-state index in [9.17, 15) is 0 Å². The lowest BCUT2D eigenvalue weighted by atomic mass is 10.1. The molecule has 1 aliphatic heterocycles. The Balaban J connectivity index is 2.06. The van der Waals surface area contributed by atoms with Crippen molar-refractivity contribution in [3.8, 4) is 11.4 Å². The third-order valence-corrected chi connectivity index (χ3v) is 2.91. The summed E-state index contributed by atoms with van der Waals surface area (Å²) >= 11 is 0. The van der Waals surface area contributed by atoms with Crippen LogP contribution in [0.2, 0.25) is 0 Å². The van der Waals surface area contributed by atoms with Gasteiger partial charge in [0.2, 0.25) is 0 Å². The van der Waals surface area contributed by atoms with Gasteiger partial charge in [-0.15, -0.1) is 0 Å². The third kappa shape index (κ3) is 1.51. The lowest BCUT2D eigenvalue weighted by molar-refractivity contribution is 0.535. The van der Waals surface area contributed by atoms with Gasteiger partial charge in [0.15, 0.2) is 5.82 Å². The Hall–Kier alpha value is -1.68. The molecule has 0 spiro atoms. The first kappa shape index (κ1) is 9.54. The van der Waals surface area contributed by atoms with Crippen molar-refractivity contribution in [3.63, 3.8) is 0 Å². The van der Waals surface area contributed by atoms with E-state index in [4.69, 9.17) is 4.42 Å². The van der Waals surface area contributed by atoms with Gasteiger partial charge in [-0.1, -0.05) is 0 Å². The molecule has 0 fully saturated rings. The van der Waals surface area contributed by atoms with E-state index in [1.54, 1.807) is 6.26 Å². The Bertz CT molecular complexity index is 519. The van der Waals surface area contributed by atoms with Crippen LogP contribution in [0, 0.1) is 6.92 Å². The Morgan fingerprint density at radius 1 is 1.44 bits per heavy atom. The highest BCUT2D eigenvalue weighted by Gasteiger charge is 2.14. The number of aryl methyl sites for hydroxylation is 1. The maximum absolute atomic E-state index is 5.27. The van der Waals surface area contributed by atoms with Crippen LogP contribution in [0.1, 0.15) is 17.0 Å². The van der Waals surface area contributed by atoms with Crippen LogP contribution in [0.3, 0.4) is 0 Å². The average molecular weight is 215 g/mol. The molecule has 16 heavy (non-hydrogen) atoms. The van der Waals surface area contributed by atoms with Gasteiger partial charge < -0.3 is 9.73 Å². The van der Waals surface area contributed by atoms with E-state index in [1.807, 2.05) is 19.2 Å². The number of nitrogens with one attached hydrogen (secondary N) is 1. The van der Waals surface area contributed by atoms with Crippen molar-refractivity contribution < 1.29 is 4.42 Å².